The first kappa shape index (κ1) is 19.1. The van der Waals surface area contributed by atoms with Gasteiger partial charge < -0.3 is 9.47 Å². The summed E-state index contributed by atoms with van der Waals surface area (Å²) in [5.74, 6) is -0.591. The molecule has 0 radical (unpaired) electrons. The molecule has 0 aliphatic rings. The molecule has 0 saturated heterocycles. The minimum Gasteiger partial charge on any atom is -0.493 e. The standard InChI is InChI=1S/C18H17FN2O4S2/c1-11-20-18(17(26-11)12-7-5-4-6-8-12)21-27(22,23)16-10-15(25-3)14(24-2)9-13(16)19/h4-10,21H,1-3H3. The number of hydrogen-bond acceptors (Lipinski definition) is 6. The monoisotopic (exact) mass is 408 g/mol. The molecular formula is C18H17FN2O4S2. The third-order valence-corrected chi connectivity index (χ3v) is 6.10. The Morgan fingerprint density at radius 2 is 1.70 bits per heavy atom. The molecule has 6 nitrogen and oxygen atoms in total. The molecule has 27 heavy (non-hydrogen) atoms. The van der Waals surface area contributed by atoms with Gasteiger partial charge >= 0.3 is 0 Å². The van der Waals surface area contributed by atoms with Crippen molar-refractivity contribution in [3.8, 4) is 21.9 Å². The highest BCUT2D eigenvalue weighted by atomic mass is 32.2. The number of halogens is 1. The largest absolute Gasteiger partial charge is 0.493 e. The van der Waals surface area contributed by atoms with Gasteiger partial charge in [-0.15, -0.1) is 11.3 Å². The number of rotatable bonds is 6. The Bertz CT molecular complexity index is 1070. The summed E-state index contributed by atoms with van der Waals surface area (Å²) in [6.07, 6.45) is 0. The maximum Gasteiger partial charge on any atom is 0.266 e. The summed E-state index contributed by atoms with van der Waals surface area (Å²) < 4.78 is 52.5. The molecule has 0 aliphatic heterocycles. The minimum absolute atomic E-state index is 0.100. The number of thiazole rings is 1. The molecule has 142 valence electrons. The van der Waals surface area contributed by atoms with Crippen LogP contribution in [0.3, 0.4) is 0 Å². The van der Waals surface area contributed by atoms with E-state index in [-0.39, 0.29) is 17.3 Å². The van der Waals surface area contributed by atoms with Crippen LogP contribution in [0.15, 0.2) is 47.4 Å². The minimum atomic E-state index is -4.24. The predicted molar refractivity (Wildman–Crippen MR) is 103 cm³/mol. The van der Waals surface area contributed by atoms with Crippen LogP contribution in [-0.4, -0.2) is 27.6 Å². The quantitative estimate of drug-likeness (QED) is 0.665. The number of ether oxygens (including phenoxy) is 2. The van der Waals surface area contributed by atoms with Crippen molar-refractivity contribution in [3.05, 3.63) is 53.3 Å². The van der Waals surface area contributed by atoms with Crippen molar-refractivity contribution in [2.75, 3.05) is 18.9 Å². The van der Waals surface area contributed by atoms with Crippen molar-refractivity contribution in [2.24, 2.45) is 0 Å². The van der Waals surface area contributed by atoms with E-state index >= 15 is 0 Å². The zero-order valence-electron chi connectivity index (χ0n) is 14.8. The van der Waals surface area contributed by atoms with E-state index in [1.165, 1.54) is 25.6 Å². The lowest BCUT2D eigenvalue weighted by molar-refractivity contribution is 0.350. The first-order valence-corrected chi connectivity index (χ1v) is 10.1. The lowest BCUT2D eigenvalue weighted by Gasteiger charge is -2.12. The number of anilines is 1. The van der Waals surface area contributed by atoms with Crippen LogP contribution in [0.1, 0.15) is 5.01 Å². The van der Waals surface area contributed by atoms with Crippen LogP contribution in [-0.2, 0) is 10.0 Å². The molecule has 0 fully saturated rings. The predicted octanol–water partition coefficient (Wildman–Crippen LogP) is 4.08. The highest BCUT2D eigenvalue weighted by molar-refractivity contribution is 7.92. The van der Waals surface area contributed by atoms with Crippen molar-refractivity contribution in [2.45, 2.75) is 11.8 Å². The molecule has 0 atom stereocenters. The lowest BCUT2D eigenvalue weighted by atomic mass is 10.2. The fourth-order valence-corrected chi connectivity index (χ4v) is 4.54. The van der Waals surface area contributed by atoms with Gasteiger partial charge in [0.1, 0.15) is 10.7 Å². The maximum absolute atomic E-state index is 14.4. The Kier molecular flexibility index (Phi) is 5.33. The van der Waals surface area contributed by atoms with Gasteiger partial charge in [-0.3, -0.25) is 4.72 Å². The molecule has 1 heterocycles. The van der Waals surface area contributed by atoms with Crippen LogP contribution >= 0.6 is 11.3 Å². The van der Waals surface area contributed by atoms with Crippen LogP contribution in [0.5, 0.6) is 11.5 Å². The van der Waals surface area contributed by atoms with Gasteiger partial charge in [-0.1, -0.05) is 30.3 Å². The SMILES string of the molecule is COc1cc(F)c(S(=O)(=O)Nc2nc(C)sc2-c2ccccc2)cc1OC. The van der Waals surface area contributed by atoms with Gasteiger partial charge in [-0.25, -0.2) is 17.8 Å². The van der Waals surface area contributed by atoms with Crippen LogP contribution in [0.2, 0.25) is 0 Å². The second kappa shape index (κ2) is 7.53. The Balaban J connectivity index is 2.04. The third kappa shape index (κ3) is 3.88. The first-order valence-electron chi connectivity index (χ1n) is 7.83. The molecule has 0 amide bonds. The summed E-state index contributed by atoms with van der Waals surface area (Å²) in [5.41, 5.74) is 0.814. The number of sulfonamides is 1. The topological polar surface area (TPSA) is 77.5 Å². The van der Waals surface area contributed by atoms with E-state index in [4.69, 9.17) is 9.47 Å². The van der Waals surface area contributed by atoms with Crippen LogP contribution in [0.4, 0.5) is 10.2 Å². The number of hydrogen-bond donors (Lipinski definition) is 1. The van der Waals surface area contributed by atoms with Crippen molar-refractivity contribution in [1.29, 1.82) is 0 Å². The number of nitrogens with zero attached hydrogens (tertiary/aromatic N) is 1. The van der Waals surface area contributed by atoms with Gasteiger partial charge in [-0.05, 0) is 12.5 Å². The van der Waals surface area contributed by atoms with Crippen molar-refractivity contribution in [3.63, 3.8) is 0 Å². The van der Waals surface area contributed by atoms with E-state index in [1.54, 1.807) is 6.92 Å². The Hall–Kier alpha value is -2.65. The van der Waals surface area contributed by atoms with Gasteiger partial charge in [0.2, 0.25) is 0 Å². The molecule has 0 saturated carbocycles. The van der Waals surface area contributed by atoms with Gasteiger partial charge in [-0.2, -0.15) is 0 Å². The fourth-order valence-electron chi connectivity index (χ4n) is 2.51. The Morgan fingerprint density at radius 1 is 1.07 bits per heavy atom. The van der Waals surface area contributed by atoms with Gasteiger partial charge in [0.15, 0.2) is 17.3 Å². The molecule has 3 aromatic rings. The van der Waals surface area contributed by atoms with Gasteiger partial charge in [0.25, 0.3) is 10.0 Å². The van der Waals surface area contributed by atoms with E-state index in [0.29, 0.717) is 9.88 Å². The third-order valence-electron chi connectivity index (χ3n) is 3.73. The zero-order chi connectivity index (χ0) is 19.6. The summed E-state index contributed by atoms with van der Waals surface area (Å²) in [6.45, 7) is 1.77. The highest BCUT2D eigenvalue weighted by Gasteiger charge is 2.25. The first-order chi connectivity index (χ1) is 12.9. The van der Waals surface area contributed by atoms with Crippen molar-refractivity contribution < 1.29 is 22.3 Å². The Morgan fingerprint density at radius 3 is 2.33 bits per heavy atom. The number of aryl methyl sites for hydroxylation is 1. The average Bonchev–Trinajstić information content (AvgIpc) is 3.01. The molecule has 9 heteroatoms. The van der Waals surface area contributed by atoms with E-state index < -0.39 is 20.7 Å². The lowest BCUT2D eigenvalue weighted by Crippen LogP contribution is -2.15. The molecule has 3 rings (SSSR count). The second-order valence-electron chi connectivity index (χ2n) is 5.52. The molecule has 0 bridgehead atoms. The smallest absolute Gasteiger partial charge is 0.266 e. The molecular weight excluding hydrogens is 391 g/mol. The fraction of sp³-hybridized carbons (Fsp3) is 0.167. The maximum atomic E-state index is 14.4. The second-order valence-corrected chi connectivity index (χ2v) is 8.37. The average molecular weight is 408 g/mol. The normalized spacial score (nSPS) is 11.3. The molecule has 1 N–H and O–H groups in total. The van der Waals surface area contributed by atoms with Gasteiger partial charge in [0.05, 0.1) is 24.1 Å². The van der Waals surface area contributed by atoms with E-state index in [9.17, 15) is 12.8 Å². The van der Waals surface area contributed by atoms with Gasteiger partial charge in [0, 0.05) is 12.1 Å². The number of methoxy groups -OCH3 is 2. The van der Waals surface area contributed by atoms with E-state index in [2.05, 4.69) is 9.71 Å². The number of nitrogens with one attached hydrogen (secondary N) is 1. The van der Waals surface area contributed by atoms with Crippen LogP contribution in [0, 0.1) is 12.7 Å². The summed E-state index contributed by atoms with van der Waals surface area (Å²) in [7, 11) is -1.55. The summed E-state index contributed by atoms with van der Waals surface area (Å²) in [6, 6.07) is 11.3. The Labute approximate surface area is 160 Å². The van der Waals surface area contributed by atoms with E-state index in [0.717, 1.165) is 17.7 Å². The molecule has 0 spiro atoms. The molecule has 0 aliphatic carbocycles. The zero-order valence-corrected chi connectivity index (χ0v) is 16.4. The summed E-state index contributed by atoms with van der Waals surface area (Å²) >= 11 is 1.34. The number of aromatic nitrogens is 1. The highest BCUT2D eigenvalue weighted by Crippen LogP contribution is 2.36. The van der Waals surface area contributed by atoms with Crippen LogP contribution < -0.4 is 14.2 Å². The molecule has 2 aromatic carbocycles. The molecule has 0 unspecified atom stereocenters. The number of benzene rings is 2. The van der Waals surface area contributed by atoms with E-state index in [1.807, 2.05) is 30.3 Å². The summed E-state index contributed by atoms with van der Waals surface area (Å²) in [5, 5.41) is 0.680. The van der Waals surface area contributed by atoms with Crippen molar-refractivity contribution in [1.82, 2.24) is 4.98 Å². The van der Waals surface area contributed by atoms with Crippen LogP contribution in [0.25, 0.3) is 10.4 Å². The summed E-state index contributed by atoms with van der Waals surface area (Å²) in [4.78, 5) is 4.35. The molecule has 1 aromatic heterocycles. The van der Waals surface area contributed by atoms with Crippen molar-refractivity contribution >= 4 is 27.2 Å².